The van der Waals surface area contributed by atoms with Crippen LogP contribution in [-0.2, 0) is 6.54 Å². The van der Waals surface area contributed by atoms with Gasteiger partial charge in [0.05, 0.1) is 12.2 Å². The Labute approximate surface area is 93.1 Å². The quantitative estimate of drug-likeness (QED) is 0.795. The Bertz CT molecular complexity index is 503. The molecule has 0 saturated carbocycles. The maximum atomic E-state index is 10.6. The van der Waals surface area contributed by atoms with E-state index in [9.17, 15) is 9.90 Å². The molecule has 0 aliphatic carbocycles. The first-order chi connectivity index (χ1) is 7.72. The first kappa shape index (κ1) is 10.4. The van der Waals surface area contributed by atoms with E-state index < -0.39 is 0 Å². The van der Waals surface area contributed by atoms with Crippen molar-refractivity contribution in [1.82, 2.24) is 9.78 Å². The molecule has 1 aromatic carbocycles. The highest BCUT2D eigenvalue weighted by molar-refractivity contribution is 5.76. The molecule has 0 spiro atoms. The molecule has 0 aliphatic rings. The van der Waals surface area contributed by atoms with Crippen LogP contribution in [0, 0.1) is 6.92 Å². The summed E-state index contributed by atoms with van der Waals surface area (Å²) in [5.74, 6) is -0.0362. The van der Waals surface area contributed by atoms with Gasteiger partial charge in [0.1, 0.15) is 0 Å². The van der Waals surface area contributed by atoms with Gasteiger partial charge in [0.2, 0.25) is 0 Å². The molecule has 4 heteroatoms. The fourth-order valence-electron chi connectivity index (χ4n) is 1.55. The van der Waals surface area contributed by atoms with E-state index in [1.165, 1.54) is 0 Å². The van der Waals surface area contributed by atoms with Gasteiger partial charge in [-0.05, 0) is 12.5 Å². The molecule has 82 valence electrons. The number of hydrogen-bond donors (Lipinski definition) is 1. The summed E-state index contributed by atoms with van der Waals surface area (Å²) in [6, 6.07) is 9.76. The van der Waals surface area contributed by atoms with Crippen molar-refractivity contribution >= 4 is 6.29 Å². The molecule has 2 aromatic rings. The second-order valence-corrected chi connectivity index (χ2v) is 3.58. The Hall–Kier alpha value is -2.10. The van der Waals surface area contributed by atoms with Crippen molar-refractivity contribution < 1.29 is 9.90 Å². The smallest absolute Gasteiger partial charge is 0.174 e. The van der Waals surface area contributed by atoms with Gasteiger partial charge in [0.25, 0.3) is 0 Å². The molecule has 0 atom stereocenters. The summed E-state index contributed by atoms with van der Waals surface area (Å²) in [5.41, 5.74) is 1.77. The van der Waals surface area contributed by atoms with E-state index in [4.69, 9.17) is 0 Å². The van der Waals surface area contributed by atoms with Crippen molar-refractivity contribution in [3.05, 3.63) is 47.3 Å². The highest BCUT2D eigenvalue weighted by Crippen LogP contribution is 2.20. The van der Waals surface area contributed by atoms with Crippen LogP contribution in [0.3, 0.4) is 0 Å². The molecule has 1 aromatic heterocycles. The SMILES string of the molecule is Cc1c(O)c(C=O)nn1Cc1ccccc1. The predicted octanol–water partition coefficient (Wildman–Crippen LogP) is 1.76. The number of rotatable bonds is 3. The van der Waals surface area contributed by atoms with Gasteiger partial charge in [0, 0.05) is 0 Å². The van der Waals surface area contributed by atoms with E-state index in [2.05, 4.69) is 5.10 Å². The Morgan fingerprint density at radius 3 is 2.62 bits per heavy atom. The third-order valence-electron chi connectivity index (χ3n) is 2.49. The van der Waals surface area contributed by atoms with Crippen LogP contribution in [-0.4, -0.2) is 21.2 Å². The van der Waals surface area contributed by atoms with Gasteiger partial charge < -0.3 is 5.11 Å². The van der Waals surface area contributed by atoms with Crippen LogP contribution in [0.25, 0.3) is 0 Å². The molecule has 0 saturated heterocycles. The van der Waals surface area contributed by atoms with Crippen molar-refractivity contribution in [2.24, 2.45) is 0 Å². The number of carbonyl (C=O) groups excluding carboxylic acids is 1. The number of aldehydes is 1. The average molecular weight is 216 g/mol. The largest absolute Gasteiger partial charge is 0.504 e. The number of hydrogen-bond acceptors (Lipinski definition) is 3. The number of aromatic hydroxyl groups is 1. The molecule has 0 radical (unpaired) electrons. The maximum absolute atomic E-state index is 10.6. The topological polar surface area (TPSA) is 55.1 Å². The summed E-state index contributed by atoms with van der Waals surface area (Å²) in [4.78, 5) is 10.6. The minimum atomic E-state index is -0.0362. The molecular formula is C12H12N2O2. The number of carbonyl (C=O) groups is 1. The third-order valence-corrected chi connectivity index (χ3v) is 2.49. The molecule has 0 bridgehead atoms. The number of nitrogens with zero attached hydrogens (tertiary/aromatic N) is 2. The fraction of sp³-hybridized carbons (Fsp3) is 0.167. The lowest BCUT2D eigenvalue weighted by molar-refractivity contribution is 0.111. The van der Waals surface area contributed by atoms with Gasteiger partial charge in [-0.15, -0.1) is 0 Å². The van der Waals surface area contributed by atoms with Gasteiger partial charge in [-0.3, -0.25) is 9.48 Å². The molecule has 0 amide bonds. The van der Waals surface area contributed by atoms with Crippen LogP contribution in [0.15, 0.2) is 30.3 Å². The van der Waals surface area contributed by atoms with Crippen LogP contribution >= 0.6 is 0 Å². The second-order valence-electron chi connectivity index (χ2n) is 3.58. The molecule has 0 unspecified atom stereocenters. The summed E-state index contributed by atoms with van der Waals surface area (Å²) in [6.45, 7) is 2.28. The molecule has 16 heavy (non-hydrogen) atoms. The summed E-state index contributed by atoms with van der Waals surface area (Å²) >= 11 is 0. The highest BCUT2D eigenvalue weighted by Gasteiger charge is 2.12. The molecule has 4 nitrogen and oxygen atoms in total. The average Bonchev–Trinajstić information content (AvgIpc) is 2.58. The van der Waals surface area contributed by atoms with Crippen molar-refractivity contribution in [3.63, 3.8) is 0 Å². The minimum absolute atomic E-state index is 0.0362. The Morgan fingerprint density at radius 2 is 2.06 bits per heavy atom. The van der Waals surface area contributed by atoms with E-state index in [1.54, 1.807) is 11.6 Å². The maximum Gasteiger partial charge on any atom is 0.174 e. The van der Waals surface area contributed by atoms with Crippen LogP contribution in [0.5, 0.6) is 5.75 Å². The predicted molar refractivity (Wildman–Crippen MR) is 59.6 cm³/mol. The molecule has 2 rings (SSSR count). The monoisotopic (exact) mass is 216 g/mol. The van der Waals surface area contributed by atoms with Gasteiger partial charge in [-0.25, -0.2) is 0 Å². The Balaban J connectivity index is 2.32. The standard InChI is InChI=1S/C12H12N2O2/c1-9-12(16)11(8-15)13-14(9)7-10-5-3-2-4-6-10/h2-6,8,16H,7H2,1H3. The number of aromatic nitrogens is 2. The first-order valence-corrected chi connectivity index (χ1v) is 4.98. The summed E-state index contributed by atoms with van der Waals surface area (Å²) in [7, 11) is 0. The number of benzene rings is 1. The molecule has 0 aliphatic heterocycles. The normalized spacial score (nSPS) is 10.3. The van der Waals surface area contributed by atoms with Crippen molar-refractivity contribution in [2.45, 2.75) is 13.5 Å². The fourth-order valence-corrected chi connectivity index (χ4v) is 1.55. The van der Waals surface area contributed by atoms with Crippen LogP contribution < -0.4 is 0 Å². The second kappa shape index (κ2) is 4.18. The van der Waals surface area contributed by atoms with Gasteiger partial charge >= 0.3 is 0 Å². The first-order valence-electron chi connectivity index (χ1n) is 4.98. The molecule has 1 heterocycles. The zero-order chi connectivity index (χ0) is 11.5. The lowest BCUT2D eigenvalue weighted by Gasteiger charge is -2.03. The lowest BCUT2D eigenvalue weighted by Crippen LogP contribution is -2.03. The summed E-state index contributed by atoms with van der Waals surface area (Å²) < 4.78 is 1.62. The van der Waals surface area contributed by atoms with E-state index in [0.29, 0.717) is 18.5 Å². The van der Waals surface area contributed by atoms with E-state index in [1.807, 2.05) is 30.3 Å². The van der Waals surface area contributed by atoms with Crippen LogP contribution in [0.4, 0.5) is 0 Å². The Kier molecular flexibility index (Phi) is 2.72. The molecule has 1 N–H and O–H groups in total. The van der Waals surface area contributed by atoms with Crippen LogP contribution in [0.1, 0.15) is 21.7 Å². The zero-order valence-electron chi connectivity index (χ0n) is 8.92. The zero-order valence-corrected chi connectivity index (χ0v) is 8.92. The lowest BCUT2D eigenvalue weighted by atomic mass is 10.2. The van der Waals surface area contributed by atoms with Gasteiger partial charge in [-0.2, -0.15) is 5.10 Å². The summed E-state index contributed by atoms with van der Waals surface area (Å²) in [5, 5.41) is 13.6. The molecular weight excluding hydrogens is 204 g/mol. The van der Waals surface area contributed by atoms with Crippen molar-refractivity contribution in [1.29, 1.82) is 0 Å². The van der Waals surface area contributed by atoms with E-state index in [0.717, 1.165) is 5.56 Å². The van der Waals surface area contributed by atoms with Crippen molar-refractivity contribution in [3.8, 4) is 5.75 Å². The van der Waals surface area contributed by atoms with Gasteiger partial charge in [-0.1, -0.05) is 30.3 Å². The van der Waals surface area contributed by atoms with E-state index >= 15 is 0 Å². The highest BCUT2D eigenvalue weighted by atomic mass is 16.3. The van der Waals surface area contributed by atoms with Crippen molar-refractivity contribution in [2.75, 3.05) is 0 Å². The van der Waals surface area contributed by atoms with Gasteiger partial charge in [0.15, 0.2) is 17.7 Å². The van der Waals surface area contributed by atoms with Crippen LogP contribution in [0.2, 0.25) is 0 Å². The van der Waals surface area contributed by atoms with E-state index in [-0.39, 0.29) is 11.4 Å². The molecule has 0 fully saturated rings. The minimum Gasteiger partial charge on any atom is -0.504 e. The Morgan fingerprint density at radius 1 is 1.38 bits per heavy atom. The summed E-state index contributed by atoms with van der Waals surface area (Å²) in [6.07, 6.45) is 0.559. The third kappa shape index (κ3) is 1.82.